The fourth-order valence-electron chi connectivity index (χ4n) is 3.09. The van der Waals surface area contributed by atoms with Crippen molar-refractivity contribution in [2.45, 2.75) is 50.9 Å². The highest BCUT2D eigenvalue weighted by Crippen LogP contribution is 2.46. The summed E-state index contributed by atoms with van der Waals surface area (Å²) in [7, 11) is 0. The molecule has 1 saturated heterocycles. The number of ether oxygens (including phenoxy) is 1. The standard InChI is InChI=1S/C15H21ClN2O2/c1-13(2)9-15(12(17)19,14(3,4)20-13)18-11-7-5-10(16)6-8-11/h5-8,18H,9H2,1-4H3,(H2,17,19). The Morgan fingerprint density at radius 1 is 1.25 bits per heavy atom. The Labute approximate surface area is 124 Å². The van der Waals surface area contributed by atoms with Gasteiger partial charge in [-0.2, -0.15) is 0 Å². The lowest BCUT2D eigenvalue weighted by molar-refractivity contribution is -0.129. The van der Waals surface area contributed by atoms with E-state index in [0.29, 0.717) is 11.4 Å². The summed E-state index contributed by atoms with van der Waals surface area (Å²) in [4.78, 5) is 12.2. The van der Waals surface area contributed by atoms with Crippen LogP contribution in [0.2, 0.25) is 5.02 Å². The average Bonchev–Trinajstić information content (AvgIpc) is 2.47. The Balaban J connectivity index is 2.41. The van der Waals surface area contributed by atoms with Crippen LogP contribution in [0.5, 0.6) is 0 Å². The van der Waals surface area contributed by atoms with E-state index in [2.05, 4.69) is 5.32 Å². The van der Waals surface area contributed by atoms with E-state index in [0.717, 1.165) is 5.69 Å². The number of nitrogens with one attached hydrogen (secondary N) is 1. The van der Waals surface area contributed by atoms with Crippen molar-refractivity contribution in [2.24, 2.45) is 5.73 Å². The smallest absolute Gasteiger partial charge is 0.246 e. The van der Waals surface area contributed by atoms with Gasteiger partial charge in [0.25, 0.3) is 0 Å². The van der Waals surface area contributed by atoms with E-state index in [1.807, 2.05) is 39.8 Å². The first-order chi connectivity index (χ1) is 9.08. The number of amides is 1. The Morgan fingerprint density at radius 3 is 2.20 bits per heavy atom. The fourth-order valence-corrected chi connectivity index (χ4v) is 3.21. The molecule has 0 radical (unpaired) electrons. The highest BCUT2D eigenvalue weighted by atomic mass is 35.5. The first kappa shape index (κ1) is 15.1. The van der Waals surface area contributed by atoms with Crippen LogP contribution in [0.1, 0.15) is 34.1 Å². The number of carbonyl (C=O) groups excluding carboxylic acids is 1. The predicted octanol–water partition coefficient (Wildman–Crippen LogP) is 2.95. The number of hydrogen-bond acceptors (Lipinski definition) is 3. The van der Waals surface area contributed by atoms with Crippen LogP contribution in [0.3, 0.4) is 0 Å². The zero-order valence-electron chi connectivity index (χ0n) is 12.3. The van der Waals surface area contributed by atoms with Crippen molar-refractivity contribution in [3.05, 3.63) is 29.3 Å². The molecule has 0 bridgehead atoms. The molecular weight excluding hydrogens is 276 g/mol. The van der Waals surface area contributed by atoms with Crippen molar-refractivity contribution < 1.29 is 9.53 Å². The Hall–Kier alpha value is -1.26. The topological polar surface area (TPSA) is 64.3 Å². The van der Waals surface area contributed by atoms with E-state index in [-0.39, 0.29) is 0 Å². The van der Waals surface area contributed by atoms with Crippen molar-refractivity contribution in [2.75, 3.05) is 5.32 Å². The molecule has 1 aromatic rings. The van der Waals surface area contributed by atoms with E-state index in [1.165, 1.54) is 0 Å². The molecule has 0 aliphatic carbocycles. The maximum Gasteiger partial charge on any atom is 0.246 e. The molecule has 5 heteroatoms. The predicted molar refractivity (Wildman–Crippen MR) is 80.9 cm³/mol. The molecule has 1 heterocycles. The third-order valence-electron chi connectivity index (χ3n) is 3.87. The maximum atomic E-state index is 12.2. The average molecular weight is 297 g/mol. The molecule has 20 heavy (non-hydrogen) atoms. The van der Waals surface area contributed by atoms with E-state index in [1.54, 1.807) is 12.1 Å². The van der Waals surface area contributed by atoms with Gasteiger partial charge in [0.1, 0.15) is 5.54 Å². The summed E-state index contributed by atoms with van der Waals surface area (Å²) < 4.78 is 6.02. The van der Waals surface area contributed by atoms with Gasteiger partial charge in [-0.05, 0) is 52.0 Å². The molecule has 0 saturated carbocycles. The first-order valence-electron chi connectivity index (χ1n) is 6.62. The van der Waals surface area contributed by atoms with E-state index >= 15 is 0 Å². The molecule has 0 spiro atoms. The van der Waals surface area contributed by atoms with Crippen LogP contribution in [0.4, 0.5) is 5.69 Å². The van der Waals surface area contributed by atoms with Crippen LogP contribution < -0.4 is 11.1 Å². The minimum absolute atomic E-state index is 0.414. The van der Waals surface area contributed by atoms with Gasteiger partial charge in [0, 0.05) is 17.1 Å². The van der Waals surface area contributed by atoms with Gasteiger partial charge in [0.2, 0.25) is 5.91 Å². The molecule has 110 valence electrons. The number of carbonyl (C=O) groups is 1. The minimum atomic E-state index is -0.954. The second-order valence-electron chi connectivity index (χ2n) is 6.45. The molecule has 1 aromatic carbocycles. The Kier molecular flexibility index (Phi) is 3.51. The van der Waals surface area contributed by atoms with Crippen LogP contribution >= 0.6 is 11.6 Å². The minimum Gasteiger partial charge on any atom is -0.369 e. The molecule has 2 rings (SSSR count). The van der Waals surface area contributed by atoms with Gasteiger partial charge in [-0.3, -0.25) is 4.79 Å². The van der Waals surface area contributed by atoms with E-state index < -0.39 is 22.6 Å². The molecule has 1 amide bonds. The number of halogens is 1. The lowest BCUT2D eigenvalue weighted by atomic mass is 9.78. The number of anilines is 1. The molecule has 1 aliphatic heterocycles. The second-order valence-corrected chi connectivity index (χ2v) is 6.89. The van der Waals surface area contributed by atoms with E-state index in [9.17, 15) is 4.79 Å². The molecule has 4 nitrogen and oxygen atoms in total. The number of rotatable bonds is 3. The van der Waals surface area contributed by atoms with Gasteiger partial charge in [0.05, 0.1) is 11.2 Å². The number of hydrogen-bond donors (Lipinski definition) is 2. The Bertz CT molecular complexity index is 525. The summed E-state index contributed by atoms with van der Waals surface area (Å²) >= 11 is 5.88. The SMILES string of the molecule is CC1(C)CC(Nc2ccc(Cl)cc2)(C(N)=O)C(C)(C)O1. The van der Waals surface area contributed by atoms with Gasteiger partial charge < -0.3 is 15.8 Å². The first-order valence-corrected chi connectivity index (χ1v) is 7.00. The third kappa shape index (κ3) is 2.50. The molecule has 3 N–H and O–H groups in total. The highest BCUT2D eigenvalue weighted by molar-refractivity contribution is 6.30. The number of benzene rings is 1. The third-order valence-corrected chi connectivity index (χ3v) is 4.12. The zero-order chi connectivity index (χ0) is 15.2. The van der Waals surface area contributed by atoms with Crippen molar-refractivity contribution >= 4 is 23.2 Å². The lowest BCUT2D eigenvalue weighted by Crippen LogP contribution is -2.61. The normalized spacial score (nSPS) is 27.2. The zero-order valence-corrected chi connectivity index (χ0v) is 13.0. The monoisotopic (exact) mass is 296 g/mol. The van der Waals surface area contributed by atoms with Crippen LogP contribution in [-0.4, -0.2) is 22.6 Å². The summed E-state index contributed by atoms with van der Waals surface area (Å²) in [6.45, 7) is 7.69. The maximum absolute atomic E-state index is 12.2. The van der Waals surface area contributed by atoms with Crippen molar-refractivity contribution in [3.63, 3.8) is 0 Å². The van der Waals surface area contributed by atoms with Gasteiger partial charge in [-0.15, -0.1) is 0 Å². The van der Waals surface area contributed by atoms with Crippen LogP contribution in [0, 0.1) is 0 Å². The van der Waals surface area contributed by atoms with Crippen LogP contribution in [0.25, 0.3) is 0 Å². The molecule has 1 unspecified atom stereocenters. The summed E-state index contributed by atoms with van der Waals surface area (Å²) in [5, 5.41) is 3.91. The van der Waals surface area contributed by atoms with Crippen molar-refractivity contribution in [1.82, 2.24) is 0 Å². The van der Waals surface area contributed by atoms with Crippen molar-refractivity contribution in [1.29, 1.82) is 0 Å². The molecular formula is C15H21ClN2O2. The molecule has 1 aliphatic rings. The quantitative estimate of drug-likeness (QED) is 0.901. The lowest BCUT2D eigenvalue weighted by Gasteiger charge is -2.38. The number of primary amides is 1. The Morgan fingerprint density at radius 2 is 1.80 bits per heavy atom. The van der Waals surface area contributed by atoms with Gasteiger partial charge in [-0.1, -0.05) is 11.6 Å². The second kappa shape index (κ2) is 4.64. The van der Waals surface area contributed by atoms with E-state index in [4.69, 9.17) is 22.1 Å². The van der Waals surface area contributed by atoms with Gasteiger partial charge in [-0.25, -0.2) is 0 Å². The number of nitrogens with two attached hydrogens (primary N) is 1. The highest BCUT2D eigenvalue weighted by Gasteiger charge is 2.61. The van der Waals surface area contributed by atoms with Gasteiger partial charge in [0.15, 0.2) is 0 Å². The summed E-state index contributed by atoms with van der Waals surface area (Å²) in [6.07, 6.45) is 0.505. The summed E-state index contributed by atoms with van der Waals surface area (Å²) in [5.74, 6) is -0.414. The van der Waals surface area contributed by atoms with Gasteiger partial charge >= 0.3 is 0 Å². The van der Waals surface area contributed by atoms with Crippen LogP contribution in [0.15, 0.2) is 24.3 Å². The van der Waals surface area contributed by atoms with Crippen LogP contribution in [-0.2, 0) is 9.53 Å². The molecule has 1 fully saturated rings. The van der Waals surface area contributed by atoms with Crippen molar-refractivity contribution in [3.8, 4) is 0 Å². The fraction of sp³-hybridized carbons (Fsp3) is 0.533. The molecule has 1 atom stereocenters. The largest absolute Gasteiger partial charge is 0.369 e. The summed E-state index contributed by atoms with van der Waals surface area (Å²) in [5.41, 5.74) is 4.41. The summed E-state index contributed by atoms with van der Waals surface area (Å²) in [6, 6.07) is 7.20. The molecule has 0 aromatic heterocycles.